The number of Topliss-reactive ketones (excluding diaryl/α,β-unsaturated/α-hetero) is 1. The first-order valence-electron chi connectivity index (χ1n) is 11.7. The normalized spacial score (nSPS) is 16.2. The topological polar surface area (TPSA) is 106 Å². The van der Waals surface area contributed by atoms with Gasteiger partial charge in [0.1, 0.15) is 5.82 Å². The maximum Gasteiger partial charge on any atom is 0.243 e. The summed E-state index contributed by atoms with van der Waals surface area (Å²) in [6, 6.07) is 16.4. The highest BCUT2D eigenvalue weighted by Gasteiger charge is 2.34. The first-order chi connectivity index (χ1) is 18.7. The monoisotopic (exact) mass is 548 g/mol. The predicted molar refractivity (Wildman–Crippen MR) is 143 cm³/mol. The van der Waals surface area contributed by atoms with Crippen LogP contribution < -0.4 is 14.2 Å². The molecule has 0 N–H and O–H groups in total. The number of halogens is 1. The lowest BCUT2D eigenvalue weighted by molar-refractivity contribution is -0.113. The van der Waals surface area contributed by atoms with E-state index < -0.39 is 15.8 Å². The van der Waals surface area contributed by atoms with Crippen LogP contribution in [0.3, 0.4) is 0 Å². The van der Waals surface area contributed by atoms with Gasteiger partial charge in [0.25, 0.3) is 0 Å². The Morgan fingerprint density at radius 2 is 1.38 bits per heavy atom. The second-order valence-electron chi connectivity index (χ2n) is 8.59. The van der Waals surface area contributed by atoms with Crippen molar-refractivity contribution in [1.29, 1.82) is 5.26 Å². The second-order valence-corrected chi connectivity index (χ2v) is 10.5. The Balaban J connectivity index is 1.82. The maximum absolute atomic E-state index is 13.6. The Morgan fingerprint density at radius 3 is 1.87 bits per heavy atom. The third-order valence-corrected chi connectivity index (χ3v) is 7.94. The largest absolute Gasteiger partial charge is 0.493 e. The predicted octanol–water partition coefficient (Wildman–Crippen LogP) is 4.46. The second kappa shape index (κ2) is 11.5. The van der Waals surface area contributed by atoms with Gasteiger partial charge in [-0.2, -0.15) is 9.57 Å². The van der Waals surface area contributed by atoms with Gasteiger partial charge in [-0.05, 0) is 71.8 Å². The minimum Gasteiger partial charge on any atom is -0.493 e. The lowest BCUT2D eigenvalue weighted by atomic mass is 9.95. The van der Waals surface area contributed by atoms with Crippen LogP contribution in [0.15, 0.2) is 76.7 Å². The van der Waals surface area contributed by atoms with Crippen molar-refractivity contribution in [1.82, 2.24) is 4.31 Å². The number of ether oxygens (including phenoxy) is 3. The van der Waals surface area contributed by atoms with Gasteiger partial charge in [0.2, 0.25) is 15.8 Å². The minimum atomic E-state index is -4.08. The van der Waals surface area contributed by atoms with Crippen molar-refractivity contribution in [2.24, 2.45) is 0 Å². The van der Waals surface area contributed by atoms with Gasteiger partial charge in [0.15, 0.2) is 17.3 Å². The number of nitriles is 1. The van der Waals surface area contributed by atoms with Gasteiger partial charge in [0, 0.05) is 24.2 Å². The smallest absolute Gasteiger partial charge is 0.243 e. The fourth-order valence-corrected chi connectivity index (χ4v) is 5.57. The van der Waals surface area contributed by atoms with Gasteiger partial charge in [-0.25, -0.2) is 12.8 Å². The summed E-state index contributed by atoms with van der Waals surface area (Å²) in [6.45, 7) is -0.398. The van der Waals surface area contributed by atoms with E-state index >= 15 is 0 Å². The van der Waals surface area contributed by atoms with Crippen molar-refractivity contribution in [3.63, 3.8) is 0 Å². The number of methoxy groups -OCH3 is 3. The Kier molecular flexibility index (Phi) is 8.14. The molecular weight excluding hydrogens is 523 g/mol. The summed E-state index contributed by atoms with van der Waals surface area (Å²) >= 11 is 0. The van der Waals surface area contributed by atoms with Crippen molar-refractivity contribution in [2.75, 3.05) is 34.4 Å². The number of piperidine rings is 1. The molecule has 39 heavy (non-hydrogen) atoms. The standard InChI is InChI=1S/C29H25FN2O6S/c1-36-26-14-21(15-27(37-2)29(26)38-3)13-23-18-32(39(34,35)25-10-8-24(30)9-11-25)17-22(28(23)33)12-19-4-6-20(16-31)7-5-19/h4-15H,17-18H2,1-3H3. The molecule has 200 valence electrons. The van der Waals surface area contributed by atoms with E-state index in [0.29, 0.717) is 33.9 Å². The summed E-state index contributed by atoms with van der Waals surface area (Å²) in [5.74, 6) is 0.219. The van der Waals surface area contributed by atoms with Crippen molar-refractivity contribution in [2.45, 2.75) is 4.90 Å². The van der Waals surface area contributed by atoms with E-state index in [9.17, 15) is 17.6 Å². The molecule has 10 heteroatoms. The van der Waals surface area contributed by atoms with E-state index in [1.165, 1.54) is 37.8 Å². The van der Waals surface area contributed by atoms with Crippen LogP contribution in [0.4, 0.5) is 4.39 Å². The van der Waals surface area contributed by atoms with Gasteiger partial charge >= 0.3 is 0 Å². The average molecular weight is 549 g/mol. The molecule has 1 heterocycles. The van der Waals surface area contributed by atoms with E-state index in [2.05, 4.69) is 0 Å². The number of carbonyl (C=O) groups is 1. The Morgan fingerprint density at radius 1 is 0.846 bits per heavy atom. The fraction of sp³-hybridized carbons (Fsp3) is 0.172. The van der Waals surface area contributed by atoms with Crippen molar-refractivity contribution in [3.8, 4) is 23.3 Å². The summed E-state index contributed by atoms with van der Waals surface area (Å²) in [4.78, 5) is 13.5. The summed E-state index contributed by atoms with van der Waals surface area (Å²) in [5, 5.41) is 9.07. The number of benzene rings is 3. The van der Waals surface area contributed by atoms with Gasteiger partial charge in [-0.3, -0.25) is 4.79 Å². The van der Waals surface area contributed by atoms with Crippen LogP contribution >= 0.6 is 0 Å². The van der Waals surface area contributed by atoms with Gasteiger partial charge in [-0.15, -0.1) is 0 Å². The molecule has 0 bridgehead atoms. The molecule has 1 aliphatic heterocycles. The number of carbonyl (C=O) groups excluding carboxylic acids is 1. The third kappa shape index (κ3) is 5.85. The highest BCUT2D eigenvalue weighted by molar-refractivity contribution is 7.89. The molecule has 1 fully saturated rings. The molecule has 0 aliphatic carbocycles. The van der Waals surface area contributed by atoms with Crippen LogP contribution in [0, 0.1) is 17.1 Å². The molecule has 8 nitrogen and oxygen atoms in total. The van der Waals surface area contributed by atoms with Gasteiger partial charge in [-0.1, -0.05) is 12.1 Å². The Bertz CT molecular complexity index is 1580. The molecule has 4 rings (SSSR count). The van der Waals surface area contributed by atoms with Crippen molar-refractivity contribution >= 4 is 28.0 Å². The first-order valence-corrected chi connectivity index (χ1v) is 13.2. The molecule has 0 aromatic heterocycles. The highest BCUT2D eigenvalue weighted by atomic mass is 32.2. The minimum absolute atomic E-state index is 0.0943. The van der Waals surface area contributed by atoms with Crippen LogP contribution in [0.2, 0.25) is 0 Å². The number of hydrogen-bond acceptors (Lipinski definition) is 7. The van der Waals surface area contributed by atoms with Crippen molar-refractivity contribution < 1.29 is 31.8 Å². The zero-order valence-corrected chi connectivity index (χ0v) is 22.3. The summed E-state index contributed by atoms with van der Waals surface area (Å²) in [5.41, 5.74) is 2.06. The first kappa shape index (κ1) is 27.6. The summed E-state index contributed by atoms with van der Waals surface area (Å²) in [6.07, 6.45) is 3.17. The fourth-order valence-electron chi connectivity index (χ4n) is 4.17. The zero-order valence-electron chi connectivity index (χ0n) is 21.5. The SMILES string of the molecule is COc1cc(C=C2CN(S(=O)(=O)c3ccc(F)cc3)CC(=Cc3ccc(C#N)cc3)C2=O)cc(OC)c1OC. The average Bonchev–Trinajstić information content (AvgIpc) is 2.95. The van der Waals surface area contributed by atoms with Crippen LogP contribution in [0.5, 0.6) is 17.2 Å². The molecule has 0 radical (unpaired) electrons. The number of hydrogen-bond donors (Lipinski definition) is 0. The molecule has 0 unspecified atom stereocenters. The quantitative estimate of drug-likeness (QED) is 0.401. The Labute approximate surface area is 226 Å². The van der Waals surface area contributed by atoms with Gasteiger partial charge < -0.3 is 14.2 Å². The summed E-state index contributed by atoms with van der Waals surface area (Å²) < 4.78 is 57.9. The highest BCUT2D eigenvalue weighted by Crippen LogP contribution is 2.39. The van der Waals surface area contributed by atoms with Crippen molar-refractivity contribution in [3.05, 3.63) is 94.3 Å². The van der Waals surface area contributed by atoms with E-state index in [1.807, 2.05) is 6.07 Å². The van der Waals surface area contributed by atoms with Crippen LogP contribution in [-0.2, 0) is 14.8 Å². The third-order valence-electron chi connectivity index (χ3n) is 6.14. The number of rotatable bonds is 7. The van der Waals surface area contributed by atoms with Crippen LogP contribution in [0.1, 0.15) is 16.7 Å². The Hall–Kier alpha value is -4.46. The van der Waals surface area contributed by atoms with Gasteiger partial charge in [0.05, 0.1) is 37.9 Å². The zero-order chi connectivity index (χ0) is 28.2. The molecule has 3 aromatic carbocycles. The van der Waals surface area contributed by atoms with Crippen LogP contribution in [0.25, 0.3) is 12.2 Å². The van der Waals surface area contributed by atoms with E-state index in [0.717, 1.165) is 12.1 Å². The number of sulfonamides is 1. The lowest BCUT2D eigenvalue weighted by Gasteiger charge is -2.29. The molecule has 0 saturated carbocycles. The molecule has 3 aromatic rings. The van der Waals surface area contributed by atoms with E-state index in [-0.39, 0.29) is 34.9 Å². The molecule has 0 spiro atoms. The van der Waals surface area contributed by atoms with E-state index in [4.69, 9.17) is 19.5 Å². The van der Waals surface area contributed by atoms with Crippen LogP contribution in [-0.4, -0.2) is 52.9 Å². The molecular formula is C29H25FN2O6S. The lowest BCUT2D eigenvalue weighted by Crippen LogP contribution is -2.41. The molecule has 1 aliphatic rings. The molecule has 0 amide bonds. The number of nitrogens with zero attached hydrogens (tertiary/aromatic N) is 2. The molecule has 1 saturated heterocycles. The summed E-state index contributed by atoms with van der Waals surface area (Å²) in [7, 11) is 0.330. The molecule has 0 atom stereocenters. The number of ketones is 1. The maximum atomic E-state index is 13.6. The van der Waals surface area contributed by atoms with E-state index in [1.54, 1.807) is 48.6 Å².